The number of hydrogen-bond acceptors (Lipinski definition) is 5. The molecule has 1 N–H and O–H groups in total. The molecule has 0 aliphatic heterocycles. The molecule has 0 fully saturated rings. The predicted molar refractivity (Wildman–Crippen MR) is 63.8 cm³/mol. The summed E-state index contributed by atoms with van der Waals surface area (Å²) in [4.78, 5) is 16.5. The lowest BCUT2D eigenvalue weighted by Crippen LogP contribution is -2.27. The van der Waals surface area contributed by atoms with Crippen molar-refractivity contribution >= 4 is 5.78 Å². The van der Waals surface area contributed by atoms with Crippen LogP contribution in [-0.2, 0) is 6.42 Å². The number of Topliss-reactive ketones (excluding diaryl/α,β-unsaturated/α-hetero) is 1. The number of fused-ring (bicyclic) bond motifs is 1. The van der Waals surface area contributed by atoms with E-state index < -0.39 is 0 Å². The van der Waals surface area contributed by atoms with E-state index in [-0.39, 0.29) is 11.2 Å². The van der Waals surface area contributed by atoms with Crippen molar-refractivity contribution in [3.8, 4) is 11.5 Å². The van der Waals surface area contributed by atoms with Gasteiger partial charge in [0.1, 0.15) is 5.69 Å². The number of carbonyl (C=O) groups is 1. The number of H-pyrrole nitrogens is 1. The zero-order chi connectivity index (χ0) is 12.8. The first kappa shape index (κ1) is 11.0. The maximum Gasteiger partial charge on any atom is 0.222 e. The summed E-state index contributed by atoms with van der Waals surface area (Å²) in [6.07, 6.45) is 1.36. The normalized spacial score (nSPS) is 17.6. The molecule has 1 aliphatic carbocycles. The Morgan fingerprint density at radius 3 is 2.83 bits per heavy atom. The van der Waals surface area contributed by atoms with E-state index in [1.165, 1.54) is 0 Å². The molecule has 0 spiro atoms. The minimum absolute atomic E-state index is 0.0348. The molecule has 2 aromatic heterocycles. The Hall–Kier alpha value is -2.11. The monoisotopic (exact) mass is 243 g/mol. The number of nitrogens with one attached hydrogen (secondary N) is 1. The second-order valence-electron chi connectivity index (χ2n) is 5.37. The van der Waals surface area contributed by atoms with Crippen molar-refractivity contribution in [1.82, 2.24) is 25.6 Å². The molecule has 18 heavy (non-hydrogen) atoms. The van der Waals surface area contributed by atoms with Crippen molar-refractivity contribution in [2.75, 3.05) is 0 Å². The summed E-state index contributed by atoms with van der Waals surface area (Å²) in [7, 11) is 0. The zero-order valence-electron chi connectivity index (χ0n) is 10.3. The molecule has 1 aliphatic rings. The SMILES string of the molecule is CC1(C)CC(=O)c2ccc(-c3nn[nH]n3)nc2C1. The lowest BCUT2D eigenvalue weighted by atomic mass is 9.75. The number of rotatable bonds is 1. The van der Waals surface area contributed by atoms with Crippen molar-refractivity contribution < 1.29 is 4.79 Å². The van der Waals surface area contributed by atoms with E-state index in [2.05, 4.69) is 39.5 Å². The van der Waals surface area contributed by atoms with E-state index in [0.29, 0.717) is 17.9 Å². The van der Waals surface area contributed by atoms with Crippen molar-refractivity contribution in [1.29, 1.82) is 0 Å². The molecule has 0 aromatic carbocycles. The third kappa shape index (κ3) is 1.79. The minimum Gasteiger partial charge on any atom is -0.294 e. The summed E-state index contributed by atoms with van der Waals surface area (Å²) in [5.41, 5.74) is 2.17. The van der Waals surface area contributed by atoms with Gasteiger partial charge in [-0.25, -0.2) is 4.98 Å². The number of pyridine rings is 1. The van der Waals surface area contributed by atoms with E-state index in [9.17, 15) is 4.79 Å². The fraction of sp³-hybridized carbons (Fsp3) is 0.417. The van der Waals surface area contributed by atoms with Gasteiger partial charge in [-0.1, -0.05) is 13.8 Å². The van der Waals surface area contributed by atoms with Crippen molar-refractivity contribution in [2.45, 2.75) is 26.7 Å². The number of carbonyl (C=O) groups excluding carboxylic acids is 1. The van der Waals surface area contributed by atoms with Gasteiger partial charge in [0, 0.05) is 12.0 Å². The van der Waals surface area contributed by atoms with Crippen LogP contribution in [0.1, 0.15) is 36.3 Å². The number of aromatic nitrogens is 5. The molecule has 92 valence electrons. The molecule has 0 atom stereocenters. The Balaban J connectivity index is 2.08. The average Bonchev–Trinajstić information content (AvgIpc) is 2.79. The van der Waals surface area contributed by atoms with E-state index in [0.717, 1.165) is 17.7 Å². The fourth-order valence-electron chi connectivity index (χ4n) is 2.33. The van der Waals surface area contributed by atoms with Crippen LogP contribution < -0.4 is 0 Å². The highest BCUT2D eigenvalue weighted by Crippen LogP contribution is 2.34. The van der Waals surface area contributed by atoms with E-state index in [1.54, 1.807) is 6.07 Å². The highest BCUT2D eigenvalue weighted by molar-refractivity contribution is 5.98. The van der Waals surface area contributed by atoms with Gasteiger partial charge < -0.3 is 0 Å². The summed E-state index contributed by atoms with van der Waals surface area (Å²) < 4.78 is 0. The molecular formula is C12H13N5O. The van der Waals surface area contributed by atoms with Crippen molar-refractivity contribution in [3.63, 3.8) is 0 Å². The summed E-state index contributed by atoms with van der Waals surface area (Å²) in [5, 5.41) is 13.7. The molecular weight excluding hydrogens is 230 g/mol. The lowest BCUT2D eigenvalue weighted by molar-refractivity contribution is 0.0910. The van der Waals surface area contributed by atoms with Crippen molar-refractivity contribution in [2.24, 2.45) is 5.41 Å². The van der Waals surface area contributed by atoms with Gasteiger partial charge in [0.2, 0.25) is 5.82 Å². The molecule has 2 aromatic rings. The van der Waals surface area contributed by atoms with Gasteiger partial charge in [0.25, 0.3) is 0 Å². The summed E-state index contributed by atoms with van der Waals surface area (Å²) in [5.74, 6) is 0.613. The summed E-state index contributed by atoms with van der Waals surface area (Å²) in [6, 6.07) is 3.57. The second-order valence-corrected chi connectivity index (χ2v) is 5.37. The van der Waals surface area contributed by atoms with Crippen LogP contribution in [0, 0.1) is 5.41 Å². The molecule has 6 heteroatoms. The van der Waals surface area contributed by atoms with Gasteiger partial charge in [-0.15, -0.1) is 10.2 Å². The van der Waals surface area contributed by atoms with Gasteiger partial charge in [-0.2, -0.15) is 5.21 Å². The number of aromatic amines is 1. The van der Waals surface area contributed by atoms with Crippen LogP contribution >= 0.6 is 0 Å². The van der Waals surface area contributed by atoms with Gasteiger partial charge in [0.15, 0.2) is 5.78 Å². The summed E-state index contributed by atoms with van der Waals surface area (Å²) in [6.45, 7) is 4.16. The van der Waals surface area contributed by atoms with Gasteiger partial charge in [-0.05, 0) is 29.2 Å². The quantitative estimate of drug-likeness (QED) is 0.818. The number of ketones is 1. The van der Waals surface area contributed by atoms with Crippen LogP contribution in [-0.4, -0.2) is 31.4 Å². The molecule has 0 radical (unpaired) electrons. The lowest BCUT2D eigenvalue weighted by Gasteiger charge is -2.29. The van der Waals surface area contributed by atoms with Crippen LogP contribution in [0.4, 0.5) is 0 Å². The highest BCUT2D eigenvalue weighted by Gasteiger charge is 2.32. The largest absolute Gasteiger partial charge is 0.294 e. The third-order valence-electron chi connectivity index (χ3n) is 3.13. The topological polar surface area (TPSA) is 84.4 Å². The molecule has 6 nitrogen and oxygen atoms in total. The standard InChI is InChI=1S/C12H13N5O/c1-12(2)5-9-7(10(18)6-12)3-4-8(13-9)11-14-16-17-15-11/h3-4H,5-6H2,1-2H3,(H,14,15,16,17). The fourth-order valence-corrected chi connectivity index (χ4v) is 2.33. The Kier molecular flexibility index (Phi) is 2.26. The Labute approximate surface area is 104 Å². The smallest absolute Gasteiger partial charge is 0.222 e. The molecule has 0 amide bonds. The Bertz CT molecular complexity index is 603. The first-order chi connectivity index (χ1) is 8.55. The molecule has 0 saturated carbocycles. The van der Waals surface area contributed by atoms with E-state index >= 15 is 0 Å². The maximum atomic E-state index is 12.0. The molecule has 3 rings (SSSR count). The average molecular weight is 243 g/mol. The van der Waals surface area contributed by atoms with Crippen LogP contribution in [0.15, 0.2) is 12.1 Å². The Morgan fingerprint density at radius 2 is 2.11 bits per heavy atom. The predicted octanol–water partition coefficient (Wildman–Crippen LogP) is 1.42. The molecule has 0 saturated heterocycles. The van der Waals surface area contributed by atoms with E-state index in [1.807, 2.05) is 6.07 Å². The second kappa shape index (κ2) is 3.69. The van der Waals surface area contributed by atoms with Gasteiger partial charge in [-0.3, -0.25) is 4.79 Å². The zero-order valence-corrected chi connectivity index (χ0v) is 10.3. The van der Waals surface area contributed by atoms with Gasteiger partial charge in [0.05, 0.1) is 5.69 Å². The number of tetrazole rings is 1. The van der Waals surface area contributed by atoms with Crippen LogP contribution in [0.25, 0.3) is 11.5 Å². The van der Waals surface area contributed by atoms with Crippen LogP contribution in [0.2, 0.25) is 0 Å². The first-order valence-corrected chi connectivity index (χ1v) is 5.82. The highest BCUT2D eigenvalue weighted by atomic mass is 16.1. The Morgan fingerprint density at radius 1 is 1.28 bits per heavy atom. The molecule has 0 bridgehead atoms. The van der Waals surface area contributed by atoms with E-state index in [4.69, 9.17) is 0 Å². The van der Waals surface area contributed by atoms with Crippen molar-refractivity contribution in [3.05, 3.63) is 23.4 Å². The molecule has 0 unspecified atom stereocenters. The van der Waals surface area contributed by atoms with Gasteiger partial charge >= 0.3 is 0 Å². The number of hydrogen-bond donors (Lipinski definition) is 1. The first-order valence-electron chi connectivity index (χ1n) is 5.82. The summed E-state index contributed by atoms with van der Waals surface area (Å²) >= 11 is 0. The minimum atomic E-state index is -0.0348. The molecule has 2 heterocycles. The number of nitrogens with zero attached hydrogens (tertiary/aromatic N) is 4. The van der Waals surface area contributed by atoms with Crippen LogP contribution in [0.3, 0.4) is 0 Å². The maximum absolute atomic E-state index is 12.0. The van der Waals surface area contributed by atoms with Crippen LogP contribution in [0.5, 0.6) is 0 Å². The third-order valence-corrected chi connectivity index (χ3v) is 3.13.